The molecule has 1 aromatic heterocycles. The molecule has 0 aliphatic rings. The quantitative estimate of drug-likeness (QED) is 0.778. The third-order valence-corrected chi connectivity index (χ3v) is 4.32. The highest BCUT2D eigenvalue weighted by atomic mass is 16.3. The average Bonchev–Trinajstić information content (AvgIpc) is 3.17. The van der Waals surface area contributed by atoms with Gasteiger partial charge < -0.3 is 10.0 Å². The maximum atomic E-state index is 12.5. The Bertz CT molecular complexity index is 827. The van der Waals surface area contributed by atoms with Gasteiger partial charge in [-0.1, -0.05) is 24.3 Å². The number of carbonyl (C=O) groups excluding carboxylic acids is 1. The molecule has 0 aliphatic heterocycles. The van der Waals surface area contributed by atoms with E-state index in [-0.39, 0.29) is 17.7 Å². The molecule has 1 N–H and O–H groups in total. The van der Waals surface area contributed by atoms with Crippen LogP contribution in [0.25, 0.3) is 5.69 Å². The number of amides is 1. The van der Waals surface area contributed by atoms with E-state index in [4.69, 9.17) is 0 Å². The molecule has 6 nitrogen and oxygen atoms in total. The fourth-order valence-electron chi connectivity index (χ4n) is 2.60. The van der Waals surface area contributed by atoms with E-state index in [2.05, 4.69) is 10.1 Å². The molecule has 1 heterocycles. The highest BCUT2D eigenvalue weighted by molar-refractivity contribution is 5.79. The van der Waals surface area contributed by atoms with Crippen LogP contribution in [0.5, 0.6) is 5.75 Å². The third-order valence-electron chi connectivity index (χ3n) is 4.32. The predicted molar refractivity (Wildman–Crippen MR) is 94.4 cm³/mol. The van der Waals surface area contributed by atoms with E-state index in [1.54, 1.807) is 47.2 Å². The van der Waals surface area contributed by atoms with E-state index in [9.17, 15) is 9.90 Å². The number of likely N-dealkylation sites (N-methyl/N-ethyl adjacent to an activating group) is 1. The van der Waals surface area contributed by atoms with Gasteiger partial charge in [0.1, 0.15) is 18.4 Å². The van der Waals surface area contributed by atoms with Gasteiger partial charge in [0.2, 0.25) is 5.91 Å². The van der Waals surface area contributed by atoms with E-state index in [1.807, 2.05) is 31.2 Å². The van der Waals surface area contributed by atoms with E-state index in [1.165, 1.54) is 6.33 Å². The van der Waals surface area contributed by atoms with Crippen molar-refractivity contribution in [3.63, 3.8) is 0 Å². The van der Waals surface area contributed by atoms with Crippen molar-refractivity contribution in [2.75, 3.05) is 7.05 Å². The van der Waals surface area contributed by atoms with Gasteiger partial charge >= 0.3 is 0 Å². The topological polar surface area (TPSA) is 71.2 Å². The van der Waals surface area contributed by atoms with E-state index < -0.39 is 0 Å². The minimum atomic E-state index is -0.0468. The minimum Gasteiger partial charge on any atom is -0.508 e. The Balaban J connectivity index is 1.67. The number of aromatic nitrogens is 3. The monoisotopic (exact) mass is 336 g/mol. The van der Waals surface area contributed by atoms with Gasteiger partial charge in [-0.25, -0.2) is 9.67 Å². The van der Waals surface area contributed by atoms with Crippen LogP contribution in [-0.4, -0.2) is 37.7 Å². The Hall–Kier alpha value is -3.15. The second-order valence-electron chi connectivity index (χ2n) is 5.96. The van der Waals surface area contributed by atoms with Crippen molar-refractivity contribution < 1.29 is 9.90 Å². The number of nitrogens with zero attached hydrogens (tertiary/aromatic N) is 4. The van der Waals surface area contributed by atoms with Gasteiger partial charge in [0, 0.05) is 7.05 Å². The smallest absolute Gasteiger partial charge is 0.227 e. The average molecular weight is 336 g/mol. The molecule has 0 aliphatic carbocycles. The van der Waals surface area contributed by atoms with Crippen LogP contribution in [0, 0.1) is 0 Å². The van der Waals surface area contributed by atoms with Crippen molar-refractivity contribution in [2.45, 2.75) is 19.4 Å². The van der Waals surface area contributed by atoms with E-state index in [0.29, 0.717) is 6.42 Å². The summed E-state index contributed by atoms with van der Waals surface area (Å²) < 4.78 is 1.69. The molecular formula is C19H20N4O2. The molecule has 128 valence electrons. The highest BCUT2D eigenvalue weighted by Gasteiger charge is 2.17. The maximum absolute atomic E-state index is 12.5. The van der Waals surface area contributed by atoms with Crippen LogP contribution in [0.3, 0.4) is 0 Å². The van der Waals surface area contributed by atoms with Crippen molar-refractivity contribution in [3.05, 3.63) is 72.3 Å². The van der Waals surface area contributed by atoms with E-state index in [0.717, 1.165) is 16.8 Å². The number of phenolic OH excluding ortho intramolecular Hbond substituents is 1. The number of hydrogen-bond donors (Lipinski definition) is 1. The van der Waals surface area contributed by atoms with Crippen LogP contribution in [0.4, 0.5) is 0 Å². The van der Waals surface area contributed by atoms with Crippen molar-refractivity contribution >= 4 is 5.91 Å². The summed E-state index contributed by atoms with van der Waals surface area (Å²) in [4.78, 5) is 18.2. The molecule has 2 aromatic carbocycles. The molecule has 25 heavy (non-hydrogen) atoms. The summed E-state index contributed by atoms with van der Waals surface area (Å²) >= 11 is 0. The number of hydrogen-bond acceptors (Lipinski definition) is 4. The molecule has 1 unspecified atom stereocenters. The van der Waals surface area contributed by atoms with E-state index >= 15 is 0 Å². The SMILES string of the molecule is CC(c1ccc(-n2cncn2)cc1)N(C)C(=O)Cc1ccc(O)cc1. The Labute approximate surface area is 146 Å². The largest absolute Gasteiger partial charge is 0.508 e. The lowest BCUT2D eigenvalue weighted by Crippen LogP contribution is -2.30. The summed E-state index contributed by atoms with van der Waals surface area (Å²) in [7, 11) is 1.80. The fourth-order valence-corrected chi connectivity index (χ4v) is 2.60. The highest BCUT2D eigenvalue weighted by Crippen LogP contribution is 2.21. The molecule has 6 heteroatoms. The van der Waals surface area contributed by atoms with Gasteiger partial charge in [-0.3, -0.25) is 4.79 Å². The summed E-state index contributed by atoms with van der Waals surface area (Å²) in [6.07, 6.45) is 3.44. The normalized spacial score (nSPS) is 11.9. The van der Waals surface area contributed by atoms with Gasteiger partial charge in [-0.15, -0.1) is 0 Å². The number of phenols is 1. The van der Waals surface area contributed by atoms with Gasteiger partial charge in [-0.2, -0.15) is 5.10 Å². The molecule has 0 bridgehead atoms. The zero-order valence-electron chi connectivity index (χ0n) is 14.2. The molecule has 0 spiro atoms. The molecular weight excluding hydrogens is 316 g/mol. The van der Waals surface area contributed by atoms with Crippen molar-refractivity contribution in [1.82, 2.24) is 19.7 Å². The fraction of sp³-hybridized carbons (Fsp3) is 0.211. The molecule has 0 saturated heterocycles. The molecule has 0 radical (unpaired) electrons. The second-order valence-corrected chi connectivity index (χ2v) is 5.96. The van der Waals surface area contributed by atoms with Gasteiger partial charge in [-0.05, 0) is 42.3 Å². The first-order chi connectivity index (χ1) is 12.0. The van der Waals surface area contributed by atoms with Crippen molar-refractivity contribution in [3.8, 4) is 11.4 Å². The number of benzene rings is 2. The van der Waals surface area contributed by atoms with Crippen LogP contribution in [-0.2, 0) is 11.2 Å². The zero-order chi connectivity index (χ0) is 17.8. The first-order valence-electron chi connectivity index (χ1n) is 8.03. The standard InChI is InChI=1S/C19H20N4O2/c1-14(16-5-7-17(8-6-16)23-13-20-12-21-23)22(2)19(25)11-15-3-9-18(24)10-4-15/h3-10,12-14,24H,11H2,1-2H3. The summed E-state index contributed by atoms with van der Waals surface area (Å²) in [6, 6.07) is 14.6. The van der Waals surface area contributed by atoms with Crippen LogP contribution in [0.15, 0.2) is 61.2 Å². The van der Waals surface area contributed by atoms with Crippen LogP contribution in [0.1, 0.15) is 24.1 Å². The number of rotatable bonds is 5. The van der Waals surface area contributed by atoms with Gasteiger partial charge in [0.15, 0.2) is 0 Å². The maximum Gasteiger partial charge on any atom is 0.227 e. The summed E-state index contributed by atoms with van der Waals surface area (Å²) in [5, 5.41) is 13.4. The number of carbonyl (C=O) groups is 1. The summed E-state index contributed by atoms with van der Waals surface area (Å²) in [6.45, 7) is 2.00. The lowest BCUT2D eigenvalue weighted by Gasteiger charge is -2.25. The molecule has 3 aromatic rings. The van der Waals surface area contributed by atoms with Crippen LogP contribution < -0.4 is 0 Å². The Kier molecular flexibility index (Phi) is 4.79. The third kappa shape index (κ3) is 3.85. The first-order valence-corrected chi connectivity index (χ1v) is 8.03. The van der Waals surface area contributed by atoms with Crippen molar-refractivity contribution in [2.24, 2.45) is 0 Å². The molecule has 0 fully saturated rings. The second kappa shape index (κ2) is 7.17. The minimum absolute atomic E-state index is 0.0264. The van der Waals surface area contributed by atoms with Crippen LogP contribution in [0.2, 0.25) is 0 Å². The first kappa shape index (κ1) is 16.7. The lowest BCUT2D eigenvalue weighted by atomic mass is 10.1. The molecule has 1 atom stereocenters. The summed E-state index contributed by atoms with van der Waals surface area (Å²) in [5.41, 5.74) is 2.85. The Morgan fingerprint density at radius 1 is 1.16 bits per heavy atom. The summed E-state index contributed by atoms with van der Waals surface area (Å²) in [5.74, 6) is 0.226. The number of aromatic hydroxyl groups is 1. The van der Waals surface area contributed by atoms with Crippen molar-refractivity contribution in [1.29, 1.82) is 0 Å². The van der Waals surface area contributed by atoms with Gasteiger partial charge in [0.25, 0.3) is 0 Å². The Morgan fingerprint density at radius 2 is 1.84 bits per heavy atom. The Morgan fingerprint density at radius 3 is 2.44 bits per heavy atom. The van der Waals surface area contributed by atoms with Crippen LogP contribution >= 0.6 is 0 Å². The lowest BCUT2D eigenvalue weighted by molar-refractivity contribution is -0.131. The van der Waals surface area contributed by atoms with Gasteiger partial charge in [0.05, 0.1) is 18.2 Å². The zero-order valence-corrected chi connectivity index (χ0v) is 14.2. The molecule has 3 rings (SSSR count). The molecule has 0 saturated carbocycles. The molecule has 1 amide bonds. The predicted octanol–water partition coefficient (Wildman–Crippen LogP) is 2.74.